The van der Waals surface area contributed by atoms with Crippen molar-refractivity contribution in [1.82, 2.24) is 14.6 Å². The average Bonchev–Trinajstić information content (AvgIpc) is 3.18. The van der Waals surface area contributed by atoms with E-state index in [1.54, 1.807) is 32.0 Å². The van der Waals surface area contributed by atoms with Gasteiger partial charge in [0.1, 0.15) is 24.0 Å². The predicted molar refractivity (Wildman–Crippen MR) is 141 cm³/mol. The predicted octanol–water partition coefficient (Wildman–Crippen LogP) is 1.51. The van der Waals surface area contributed by atoms with Gasteiger partial charge >= 0.3 is 25.4 Å². The first-order valence-corrected chi connectivity index (χ1v) is 14.2. The molecule has 0 saturated carbocycles. The van der Waals surface area contributed by atoms with Crippen LogP contribution in [0.1, 0.15) is 39.5 Å². The minimum Gasteiger partial charge on any atom is -0.460 e. The summed E-state index contributed by atoms with van der Waals surface area (Å²) < 4.78 is 56.0. The van der Waals surface area contributed by atoms with E-state index in [-0.39, 0.29) is 11.3 Å². The molecule has 1 fully saturated rings. The highest BCUT2D eigenvalue weighted by molar-refractivity contribution is 7.52. The van der Waals surface area contributed by atoms with Gasteiger partial charge in [0.2, 0.25) is 0 Å². The number of aromatic nitrogens is 2. The number of rotatable bonds is 12. The van der Waals surface area contributed by atoms with Crippen molar-refractivity contribution in [2.75, 3.05) is 6.61 Å². The molecule has 1 aromatic carbocycles. The molecule has 3 rings (SSSR count). The van der Waals surface area contributed by atoms with Crippen LogP contribution in [0.3, 0.4) is 0 Å². The standard InChI is InChI=1S/C25H33FN3O11P/c1-13(2)37-24(33)16(5)38-23(32)15(4)28-41(35,40-17-9-7-6-8-10-17)36-12-18-20(30)19(26)22(39-18)29-11-14(3)21(31)27-25(29)34/h6-11,13,15-16,18-20,22,30H,12H2,1-5H3,(H,28,35)(H,27,31,34)/t15-,16-,18-,19+,20-,22-,41-/m0/s1. The topological polar surface area (TPSA) is 184 Å². The molecule has 2 aromatic rings. The molecule has 7 atom stereocenters. The molecule has 0 amide bonds. The van der Waals surface area contributed by atoms with Crippen molar-refractivity contribution in [3.05, 3.63) is 62.9 Å². The highest BCUT2D eigenvalue weighted by Gasteiger charge is 2.47. The number of benzene rings is 1. The maximum atomic E-state index is 15.0. The number of nitrogens with one attached hydrogen (secondary N) is 2. The maximum absolute atomic E-state index is 15.0. The lowest BCUT2D eigenvalue weighted by Crippen LogP contribution is -2.39. The Labute approximate surface area is 234 Å². The molecule has 14 nitrogen and oxygen atoms in total. The van der Waals surface area contributed by atoms with E-state index in [9.17, 15) is 33.2 Å². The number of H-pyrrole nitrogens is 1. The van der Waals surface area contributed by atoms with Crippen LogP contribution in [0, 0.1) is 6.92 Å². The number of halogens is 1. The second kappa shape index (κ2) is 13.5. The fourth-order valence-electron chi connectivity index (χ4n) is 3.66. The second-order valence-corrected chi connectivity index (χ2v) is 11.3. The summed E-state index contributed by atoms with van der Waals surface area (Å²) in [5.41, 5.74) is -1.52. The summed E-state index contributed by atoms with van der Waals surface area (Å²) in [5, 5.41) is 12.8. The zero-order chi connectivity index (χ0) is 30.5. The van der Waals surface area contributed by atoms with Crippen molar-refractivity contribution < 1.29 is 46.9 Å². The molecular weight excluding hydrogens is 568 g/mol. The Hall–Kier alpha value is -3.36. The number of carbonyl (C=O) groups excluding carboxylic acids is 2. The first-order chi connectivity index (χ1) is 19.2. The average molecular weight is 602 g/mol. The molecule has 16 heteroatoms. The van der Waals surface area contributed by atoms with Crippen LogP contribution in [0.15, 0.2) is 46.1 Å². The number of aliphatic hydroxyl groups excluding tert-OH is 1. The monoisotopic (exact) mass is 601 g/mol. The number of esters is 2. The highest BCUT2D eigenvalue weighted by atomic mass is 31.2. The number of alkyl halides is 1. The van der Waals surface area contributed by atoms with Gasteiger partial charge in [0, 0.05) is 11.8 Å². The zero-order valence-corrected chi connectivity index (χ0v) is 23.9. The van der Waals surface area contributed by atoms with Gasteiger partial charge in [-0.3, -0.25) is 23.7 Å². The number of aryl methyl sites for hydroxylation is 1. The Kier molecular flexibility index (Phi) is 10.6. The quantitative estimate of drug-likeness (QED) is 0.236. The van der Waals surface area contributed by atoms with E-state index in [1.165, 1.54) is 32.9 Å². The summed E-state index contributed by atoms with van der Waals surface area (Å²) >= 11 is 0. The van der Waals surface area contributed by atoms with Gasteiger partial charge in [-0.1, -0.05) is 18.2 Å². The Morgan fingerprint density at radius 1 is 1.15 bits per heavy atom. The molecule has 1 aliphatic heterocycles. The Morgan fingerprint density at radius 3 is 2.44 bits per heavy atom. The SMILES string of the molecule is Cc1cn([C@H]2O[C@@H](CO[P@@](=O)(N[C@@H](C)C(=O)O[C@@H](C)C(=O)OC(C)C)Oc3ccccc3)[C@H](O)[C@H]2F)c(=O)[nH]c1=O. The van der Waals surface area contributed by atoms with Crippen LogP contribution in [0.2, 0.25) is 0 Å². The molecule has 0 aliphatic carbocycles. The highest BCUT2D eigenvalue weighted by Crippen LogP contribution is 2.46. The third kappa shape index (κ3) is 8.33. The van der Waals surface area contributed by atoms with Gasteiger partial charge in [0.05, 0.1) is 12.7 Å². The van der Waals surface area contributed by atoms with E-state index >= 15 is 0 Å². The van der Waals surface area contributed by atoms with Crippen molar-refractivity contribution >= 4 is 19.7 Å². The molecule has 1 saturated heterocycles. The number of hydrogen-bond donors (Lipinski definition) is 3. The first kappa shape index (κ1) is 32.2. The Balaban J connectivity index is 1.74. The van der Waals surface area contributed by atoms with Crippen LogP contribution in [-0.2, 0) is 32.9 Å². The van der Waals surface area contributed by atoms with Gasteiger partial charge in [-0.2, -0.15) is 5.09 Å². The van der Waals surface area contributed by atoms with Crippen LogP contribution < -0.4 is 20.9 Å². The van der Waals surface area contributed by atoms with E-state index in [0.717, 1.165) is 10.8 Å². The number of aliphatic hydroxyl groups is 1. The van der Waals surface area contributed by atoms with Crippen molar-refractivity contribution in [3.63, 3.8) is 0 Å². The van der Waals surface area contributed by atoms with Gasteiger partial charge in [0.25, 0.3) is 5.56 Å². The lowest BCUT2D eigenvalue weighted by molar-refractivity contribution is -0.169. The lowest BCUT2D eigenvalue weighted by atomic mass is 10.1. The molecule has 1 aromatic heterocycles. The Bertz CT molecular complexity index is 1380. The van der Waals surface area contributed by atoms with Gasteiger partial charge in [-0.15, -0.1) is 0 Å². The molecule has 3 N–H and O–H groups in total. The van der Waals surface area contributed by atoms with E-state index in [0.29, 0.717) is 0 Å². The van der Waals surface area contributed by atoms with Crippen LogP contribution in [0.4, 0.5) is 4.39 Å². The summed E-state index contributed by atoms with van der Waals surface area (Å²) in [6, 6.07) is 6.44. The van der Waals surface area contributed by atoms with Crippen molar-refractivity contribution in [2.24, 2.45) is 0 Å². The molecule has 1 aliphatic rings. The van der Waals surface area contributed by atoms with Gasteiger partial charge in [-0.25, -0.2) is 18.5 Å². The smallest absolute Gasteiger partial charge is 0.459 e. The Morgan fingerprint density at radius 2 is 1.80 bits per heavy atom. The molecule has 0 spiro atoms. The van der Waals surface area contributed by atoms with E-state index in [2.05, 4.69) is 5.09 Å². The zero-order valence-electron chi connectivity index (χ0n) is 23.0. The van der Waals surface area contributed by atoms with Crippen LogP contribution in [0.5, 0.6) is 5.75 Å². The van der Waals surface area contributed by atoms with E-state index < -0.39 is 80.4 Å². The molecule has 0 radical (unpaired) electrons. The van der Waals surface area contributed by atoms with Crippen molar-refractivity contribution in [3.8, 4) is 5.75 Å². The summed E-state index contributed by atoms with van der Waals surface area (Å²) in [7, 11) is -4.45. The lowest BCUT2D eigenvalue weighted by Gasteiger charge is -2.25. The van der Waals surface area contributed by atoms with Gasteiger partial charge in [0.15, 0.2) is 18.5 Å². The third-order valence-electron chi connectivity index (χ3n) is 5.77. The molecular formula is C25H33FN3O11P. The molecule has 226 valence electrons. The normalized spacial score (nSPS) is 23.4. The van der Waals surface area contributed by atoms with Crippen molar-refractivity contribution in [1.29, 1.82) is 0 Å². The summed E-state index contributed by atoms with van der Waals surface area (Å²) in [6.45, 7) is 6.55. The van der Waals surface area contributed by atoms with Crippen molar-refractivity contribution in [2.45, 2.75) is 77.5 Å². The number of nitrogens with zero attached hydrogens (tertiary/aromatic N) is 1. The second-order valence-electron chi connectivity index (χ2n) is 9.59. The number of aromatic amines is 1. The first-order valence-electron chi connectivity index (χ1n) is 12.7. The number of hydrogen-bond acceptors (Lipinski definition) is 11. The van der Waals surface area contributed by atoms with E-state index in [1.807, 2.05) is 4.98 Å². The molecule has 2 heterocycles. The van der Waals surface area contributed by atoms with Crippen LogP contribution >= 0.6 is 7.75 Å². The number of carbonyl (C=O) groups is 2. The largest absolute Gasteiger partial charge is 0.460 e. The van der Waals surface area contributed by atoms with E-state index in [4.69, 9.17) is 23.3 Å². The fraction of sp³-hybridized carbons (Fsp3) is 0.520. The number of para-hydroxylation sites is 1. The van der Waals surface area contributed by atoms with Gasteiger partial charge < -0.3 is 23.8 Å². The summed E-state index contributed by atoms with van der Waals surface area (Å²) in [5.74, 6) is -1.67. The van der Waals surface area contributed by atoms with Crippen LogP contribution in [0.25, 0.3) is 0 Å². The summed E-state index contributed by atoms with van der Waals surface area (Å²) in [4.78, 5) is 50.5. The minimum atomic E-state index is -4.45. The molecule has 0 bridgehead atoms. The summed E-state index contributed by atoms with van der Waals surface area (Å²) in [6.07, 6.45) is -7.60. The molecule has 41 heavy (non-hydrogen) atoms. The molecule has 0 unspecified atom stereocenters. The number of ether oxygens (including phenoxy) is 3. The maximum Gasteiger partial charge on any atom is 0.459 e. The third-order valence-corrected chi connectivity index (χ3v) is 7.42. The van der Waals surface area contributed by atoms with Crippen LogP contribution in [-0.4, -0.2) is 69.8 Å². The minimum absolute atomic E-state index is 0.0854. The fourth-order valence-corrected chi connectivity index (χ4v) is 5.17. The van der Waals surface area contributed by atoms with Gasteiger partial charge in [-0.05, 0) is 46.8 Å².